The van der Waals surface area contributed by atoms with Gasteiger partial charge in [0, 0.05) is 19.0 Å². The molecule has 1 amide bonds. The molecule has 84 valence electrons. The topological polar surface area (TPSA) is 55.4 Å². The van der Waals surface area contributed by atoms with Gasteiger partial charge in [0.2, 0.25) is 5.91 Å². The van der Waals surface area contributed by atoms with Gasteiger partial charge < -0.3 is 10.1 Å². The van der Waals surface area contributed by atoms with Crippen LogP contribution in [0, 0.1) is 0 Å². The minimum absolute atomic E-state index is 0.00836. The fourth-order valence-corrected chi connectivity index (χ4v) is 0.962. The number of nitrogens with one attached hydrogen (secondary N) is 1. The van der Waals surface area contributed by atoms with Crippen LogP contribution in [0.3, 0.4) is 0 Å². The van der Waals surface area contributed by atoms with Gasteiger partial charge in [0.15, 0.2) is 0 Å². The van der Waals surface area contributed by atoms with E-state index in [1.165, 1.54) is 20.1 Å². The molecular weight excluding hydrogens is 194 g/mol. The monoisotopic (exact) mass is 211 g/mol. The van der Waals surface area contributed by atoms with Gasteiger partial charge in [0.1, 0.15) is 0 Å². The summed E-state index contributed by atoms with van der Waals surface area (Å²) in [6.07, 6.45) is 7.44. The number of hydrogen-bond donors (Lipinski definition) is 1. The molecule has 0 saturated heterocycles. The van der Waals surface area contributed by atoms with Crippen molar-refractivity contribution in [1.29, 1.82) is 0 Å². The smallest absolute Gasteiger partial charge is 0.330 e. The second-order valence-corrected chi connectivity index (χ2v) is 3.08. The lowest BCUT2D eigenvalue weighted by atomic mass is 10.2. The van der Waals surface area contributed by atoms with Crippen molar-refractivity contribution >= 4 is 11.9 Å². The number of rotatable bonds is 5. The number of allylic oxidation sites excluding steroid dienone is 2. The van der Waals surface area contributed by atoms with Gasteiger partial charge in [-0.05, 0) is 13.3 Å². The molecule has 0 fully saturated rings. The fourth-order valence-electron chi connectivity index (χ4n) is 0.962. The average molecular weight is 211 g/mol. The van der Waals surface area contributed by atoms with Gasteiger partial charge in [-0.3, -0.25) is 4.79 Å². The maximum atomic E-state index is 10.7. The summed E-state index contributed by atoms with van der Waals surface area (Å²) < 4.78 is 4.42. The predicted molar refractivity (Wildman–Crippen MR) is 58.2 cm³/mol. The van der Waals surface area contributed by atoms with Gasteiger partial charge in [-0.15, -0.1) is 0 Å². The zero-order valence-electron chi connectivity index (χ0n) is 9.32. The Labute approximate surface area is 90.0 Å². The normalized spacial score (nSPS) is 13.0. The molecule has 0 aliphatic rings. The van der Waals surface area contributed by atoms with Gasteiger partial charge in [-0.2, -0.15) is 0 Å². The van der Waals surface area contributed by atoms with Crippen molar-refractivity contribution in [3.63, 3.8) is 0 Å². The molecule has 0 rings (SSSR count). The molecule has 4 nitrogen and oxygen atoms in total. The van der Waals surface area contributed by atoms with E-state index in [1.54, 1.807) is 6.08 Å². The summed E-state index contributed by atoms with van der Waals surface area (Å²) in [7, 11) is 1.33. The van der Waals surface area contributed by atoms with Crippen LogP contribution in [0.15, 0.2) is 24.3 Å². The van der Waals surface area contributed by atoms with Crippen molar-refractivity contribution in [3.05, 3.63) is 24.3 Å². The Balaban J connectivity index is 3.75. The van der Waals surface area contributed by atoms with Crippen LogP contribution >= 0.6 is 0 Å². The number of esters is 1. The minimum Gasteiger partial charge on any atom is -0.466 e. The number of amides is 1. The second-order valence-electron chi connectivity index (χ2n) is 3.08. The van der Waals surface area contributed by atoms with E-state index < -0.39 is 0 Å². The van der Waals surface area contributed by atoms with E-state index >= 15 is 0 Å². The molecule has 1 N–H and O–H groups in total. The highest BCUT2D eigenvalue weighted by molar-refractivity contribution is 5.81. The Bertz CT molecular complexity index is 269. The molecule has 0 bridgehead atoms. The molecule has 0 aromatic rings. The van der Waals surface area contributed by atoms with Crippen LogP contribution in [-0.4, -0.2) is 25.0 Å². The molecule has 0 aliphatic carbocycles. The SMILES string of the molecule is COC(=O)/C=C/C/C=C/C(C)NC(C)=O. The van der Waals surface area contributed by atoms with E-state index in [4.69, 9.17) is 0 Å². The Kier molecular flexibility index (Phi) is 6.97. The van der Waals surface area contributed by atoms with Gasteiger partial charge in [-0.25, -0.2) is 4.79 Å². The first-order valence-electron chi connectivity index (χ1n) is 4.74. The van der Waals surface area contributed by atoms with Crippen molar-refractivity contribution in [2.75, 3.05) is 7.11 Å². The summed E-state index contributed by atoms with van der Waals surface area (Å²) in [5.74, 6) is -0.421. The first-order valence-corrected chi connectivity index (χ1v) is 4.74. The summed E-state index contributed by atoms with van der Waals surface area (Å²) in [5, 5.41) is 2.71. The van der Waals surface area contributed by atoms with E-state index in [2.05, 4.69) is 10.1 Å². The molecule has 1 unspecified atom stereocenters. The minimum atomic E-state index is -0.363. The molecule has 0 aliphatic heterocycles. The standard InChI is InChI=1S/C11H17NO3/c1-9(12-10(2)13)7-5-4-6-8-11(14)15-3/h5-9H,4H2,1-3H3,(H,12,13)/b7-5+,8-6+. The number of ether oxygens (including phenoxy) is 1. The van der Waals surface area contributed by atoms with Crippen molar-refractivity contribution in [2.45, 2.75) is 26.3 Å². The number of methoxy groups -OCH3 is 1. The number of carbonyl (C=O) groups excluding carboxylic acids is 2. The predicted octanol–water partition coefficient (Wildman–Crippen LogP) is 1.19. The zero-order valence-corrected chi connectivity index (χ0v) is 9.32. The van der Waals surface area contributed by atoms with Gasteiger partial charge >= 0.3 is 5.97 Å². The molecule has 0 aromatic carbocycles. The molecule has 0 spiro atoms. The first-order chi connectivity index (χ1) is 7.06. The molecule has 0 saturated carbocycles. The first kappa shape index (κ1) is 13.4. The number of carbonyl (C=O) groups is 2. The second kappa shape index (κ2) is 7.79. The van der Waals surface area contributed by atoms with Crippen molar-refractivity contribution in [1.82, 2.24) is 5.32 Å². The Morgan fingerprint density at radius 2 is 2.07 bits per heavy atom. The average Bonchev–Trinajstić information content (AvgIpc) is 2.15. The highest BCUT2D eigenvalue weighted by atomic mass is 16.5. The van der Waals surface area contributed by atoms with Crippen LogP contribution in [-0.2, 0) is 14.3 Å². The maximum absolute atomic E-state index is 10.7. The third-order valence-electron chi connectivity index (χ3n) is 1.58. The maximum Gasteiger partial charge on any atom is 0.330 e. The lowest BCUT2D eigenvalue weighted by Gasteiger charge is -2.05. The van der Waals surface area contributed by atoms with Crippen molar-refractivity contribution in [2.24, 2.45) is 0 Å². The van der Waals surface area contributed by atoms with Crippen LogP contribution < -0.4 is 5.32 Å². The molecule has 4 heteroatoms. The van der Waals surface area contributed by atoms with Gasteiger partial charge in [0.25, 0.3) is 0 Å². The third-order valence-corrected chi connectivity index (χ3v) is 1.58. The Hall–Kier alpha value is -1.58. The van der Waals surface area contributed by atoms with E-state index in [-0.39, 0.29) is 17.9 Å². The molecule has 0 aromatic heterocycles. The summed E-state index contributed by atoms with van der Waals surface area (Å²) in [6, 6.07) is 0.00836. The van der Waals surface area contributed by atoms with Crippen LogP contribution in [0.1, 0.15) is 20.3 Å². The van der Waals surface area contributed by atoms with E-state index in [9.17, 15) is 9.59 Å². The van der Waals surface area contributed by atoms with Gasteiger partial charge in [-0.1, -0.05) is 18.2 Å². The lowest BCUT2D eigenvalue weighted by Crippen LogP contribution is -2.28. The third kappa shape index (κ3) is 8.74. The highest BCUT2D eigenvalue weighted by Gasteiger charge is 1.96. The summed E-state index contributed by atoms with van der Waals surface area (Å²) in [5.41, 5.74) is 0. The largest absolute Gasteiger partial charge is 0.466 e. The summed E-state index contributed by atoms with van der Waals surface area (Å²) in [4.78, 5) is 21.3. The highest BCUT2D eigenvalue weighted by Crippen LogP contribution is 1.91. The van der Waals surface area contributed by atoms with Crippen LogP contribution in [0.4, 0.5) is 0 Å². The van der Waals surface area contributed by atoms with E-state index in [0.717, 1.165) is 0 Å². The lowest BCUT2D eigenvalue weighted by molar-refractivity contribution is -0.134. The molecule has 1 atom stereocenters. The zero-order chi connectivity index (χ0) is 11.7. The van der Waals surface area contributed by atoms with E-state index in [0.29, 0.717) is 6.42 Å². The van der Waals surface area contributed by atoms with E-state index in [1.807, 2.05) is 19.1 Å². The number of hydrogen-bond acceptors (Lipinski definition) is 3. The van der Waals surface area contributed by atoms with Crippen molar-refractivity contribution < 1.29 is 14.3 Å². The summed E-state index contributed by atoms with van der Waals surface area (Å²) in [6.45, 7) is 3.35. The van der Waals surface area contributed by atoms with Gasteiger partial charge in [0.05, 0.1) is 7.11 Å². The molecular formula is C11H17NO3. The van der Waals surface area contributed by atoms with Crippen LogP contribution in [0.5, 0.6) is 0 Å². The Morgan fingerprint density at radius 3 is 2.60 bits per heavy atom. The molecule has 0 heterocycles. The Morgan fingerprint density at radius 1 is 1.40 bits per heavy atom. The van der Waals surface area contributed by atoms with Crippen LogP contribution in [0.2, 0.25) is 0 Å². The quantitative estimate of drug-likeness (QED) is 0.422. The molecule has 15 heavy (non-hydrogen) atoms. The molecule has 0 radical (unpaired) electrons. The summed E-state index contributed by atoms with van der Waals surface area (Å²) >= 11 is 0. The van der Waals surface area contributed by atoms with Crippen molar-refractivity contribution in [3.8, 4) is 0 Å². The fraction of sp³-hybridized carbons (Fsp3) is 0.455. The van der Waals surface area contributed by atoms with Crippen LogP contribution in [0.25, 0.3) is 0 Å².